The molecule has 2 atom stereocenters. The summed E-state index contributed by atoms with van der Waals surface area (Å²) in [5.41, 5.74) is 3.13. The summed E-state index contributed by atoms with van der Waals surface area (Å²) in [6, 6.07) is 13.0. The molecule has 0 N–H and O–H groups in total. The fourth-order valence-electron chi connectivity index (χ4n) is 5.95. The fourth-order valence-corrected chi connectivity index (χ4v) is 6.90. The van der Waals surface area contributed by atoms with Crippen LogP contribution in [0.2, 0.25) is 0 Å². The van der Waals surface area contributed by atoms with Gasteiger partial charge in [0.25, 0.3) is 0 Å². The van der Waals surface area contributed by atoms with Crippen LogP contribution in [-0.2, 0) is 9.53 Å². The van der Waals surface area contributed by atoms with E-state index in [-0.39, 0.29) is 11.9 Å². The molecule has 1 aromatic carbocycles. The number of piperazine rings is 1. The van der Waals surface area contributed by atoms with E-state index in [0.29, 0.717) is 30.7 Å². The molecule has 5 heterocycles. The molecule has 2 aromatic heterocycles. The van der Waals surface area contributed by atoms with E-state index in [0.717, 1.165) is 44.7 Å². The quantitative estimate of drug-likeness (QED) is 0.491. The average Bonchev–Trinajstić information content (AvgIpc) is 3.50. The Kier molecular flexibility index (Phi) is 6.23. The summed E-state index contributed by atoms with van der Waals surface area (Å²) in [4.78, 5) is 36.1. The first-order valence-corrected chi connectivity index (χ1v) is 13.5. The highest BCUT2D eigenvalue weighted by Crippen LogP contribution is 2.35. The topological polar surface area (TPSA) is 66.0 Å². The van der Waals surface area contributed by atoms with E-state index in [1.54, 1.807) is 23.6 Å². The summed E-state index contributed by atoms with van der Waals surface area (Å²) in [7, 11) is 1.38. The molecule has 3 aliphatic heterocycles. The van der Waals surface area contributed by atoms with Crippen molar-refractivity contribution >= 4 is 44.7 Å². The van der Waals surface area contributed by atoms with Crippen molar-refractivity contribution < 1.29 is 14.3 Å². The summed E-state index contributed by atoms with van der Waals surface area (Å²) in [6.45, 7) is 3.64. The molecule has 7 nitrogen and oxygen atoms in total. The van der Waals surface area contributed by atoms with E-state index in [1.807, 2.05) is 11.0 Å². The maximum atomic E-state index is 13.2. The number of pyridine rings is 1. The highest BCUT2D eigenvalue weighted by Gasteiger charge is 2.41. The van der Waals surface area contributed by atoms with Crippen molar-refractivity contribution in [3.63, 3.8) is 0 Å². The first kappa shape index (κ1) is 23.2. The van der Waals surface area contributed by atoms with Crippen molar-refractivity contribution in [1.29, 1.82) is 0 Å². The summed E-state index contributed by atoms with van der Waals surface area (Å²) in [6.07, 6.45) is 6.92. The van der Waals surface area contributed by atoms with Gasteiger partial charge in [0.15, 0.2) is 0 Å². The van der Waals surface area contributed by atoms with Crippen LogP contribution in [0.15, 0.2) is 54.1 Å². The van der Waals surface area contributed by atoms with Crippen molar-refractivity contribution in [2.24, 2.45) is 0 Å². The number of anilines is 1. The van der Waals surface area contributed by atoms with Gasteiger partial charge in [0.2, 0.25) is 5.91 Å². The zero-order valence-corrected chi connectivity index (χ0v) is 21.2. The molecule has 8 heteroatoms. The number of likely N-dealkylation sites (tertiary alicyclic amines) is 1. The first-order valence-electron chi connectivity index (χ1n) is 12.6. The van der Waals surface area contributed by atoms with Gasteiger partial charge in [-0.05, 0) is 59.4 Å². The Morgan fingerprint density at radius 3 is 2.64 bits per heavy atom. The number of fused-ring (bicyclic) bond motifs is 3. The highest BCUT2D eigenvalue weighted by atomic mass is 32.1. The number of hydrogen-bond acceptors (Lipinski definition) is 7. The van der Waals surface area contributed by atoms with E-state index >= 15 is 0 Å². The molecule has 3 aliphatic rings. The lowest BCUT2D eigenvalue weighted by atomic mass is 9.98. The number of hydrogen-bond donors (Lipinski definition) is 0. The SMILES string of the molecule is COC(=O)c1ccc(N2C3CCC2CN(CC(=O)N2CC=C(c4cccc5ccsc45)CC2)C3)nc1. The monoisotopic (exact) mass is 502 g/mol. The van der Waals surface area contributed by atoms with E-state index in [9.17, 15) is 9.59 Å². The van der Waals surface area contributed by atoms with Crippen molar-refractivity contribution in [3.8, 4) is 0 Å². The Bertz CT molecular complexity index is 1300. The van der Waals surface area contributed by atoms with E-state index in [4.69, 9.17) is 4.74 Å². The molecule has 0 aliphatic carbocycles. The largest absolute Gasteiger partial charge is 0.465 e. The summed E-state index contributed by atoms with van der Waals surface area (Å²) >= 11 is 1.79. The highest BCUT2D eigenvalue weighted by molar-refractivity contribution is 7.17. The number of thiophene rings is 1. The van der Waals surface area contributed by atoms with Crippen molar-refractivity contribution in [3.05, 3.63) is 65.2 Å². The molecular formula is C28H30N4O3S. The molecule has 0 radical (unpaired) electrons. The maximum Gasteiger partial charge on any atom is 0.339 e. The lowest BCUT2D eigenvalue weighted by molar-refractivity contribution is -0.132. The van der Waals surface area contributed by atoms with Crippen LogP contribution in [0.1, 0.15) is 35.2 Å². The third-order valence-corrected chi connectivity index (χ3v) is 8.70. The zero-order valence-electron chi connectivity index (χ0n) is 20.4. The van der Waals surface area contributed by atoms with Gasteiger partial charge in [-0.2, -0.15) is 0 Å². The lowest BCUT2D eigenvalue weighted by Crippen LogP contribution is -2.56. The van der Waals surface area contributed by atoms with Gasteiger partial charge < -0.3 is 14.5 Å². The molecule has 2 unspecified atom stereocenters. The number of rotatable bonds is 5. The summed E-state index contributed by atoms with van der Waals surface area (Å²) in [5.74, 6) is 0.743. The fraction of sp³-hybridized carbons (Fsp3) is 0.393. The van der Waals surface area contributed by atoms with Crippen LogP contribution in [0.25, 0.3) is 15.7 Å². The molecule has 36 heavy (non-hydrogen) atoms. The second kappa shape index (κ2) is 9.67. The van der Waals surface area contributed by atoms with E-state index in [2.05, 4.69) is 50.5 Å². The Morgan fingerprint density at radius 1 is 1.11 bits per heavy atom. The molecule has 0 saturated carbocycles. The molecule has 1 amide bonds. The van der Waals surface area contributed by atoms with E-state index < -0.39 is 0 Å². The maximum absolute atomic E-state index is 13.2. The smallest absolute Gasteiger partial charge is 0.339 e. The molecular weight excluding hydrogens is 472 g/mol. The Balaban J connectivity index is 1.07. The number of nitrogens with zero attached hydrogens (tertiary/aromatic N) is 4. The van der Waals surface area contributed by atoms with Crippen molar-refractivity contribution in [2.45, 2.75) is 31.3 Å². The number of carbonyl (C=O) groups is 2. The minimum absolute atomic E-state index is 0.216. The first-order chi connectivity index (χ1) is 17.6. The second-order valence-electron chi connectivity index (χ2n) is 9.85. The van der Waals surface area contributed by atoms with Gasteiger partial charge in [0.1, 0.15) is 5.82 Å². The minimum atomic E-state index is -0.372. The number of aromatic nitrogens is 1. The standard InChI is InChI=1S/C28H30N4O3S/c1-35-28(34)21-5-8-25(29-15-21)32-22-6-7-23(32)17-30(16-22)18-26(33)31-12-9-19(10-13-31)24-4-2-3-20-11-14-36-27(20)24/h2-5,8-9,11,14-15,22-23H,6-7,10,12-13,16-18H2,1H3. The Hall–Kier alpha value is -3.23. The molecule has 186 valence electrons. The predicted octanol–water partition coefficient (Wildman–Crippen LogP) is 4.05. The summed E-state index contributed by atoms with van der Waals surface area (Å²) < 4.78 is 6.12. The van der Waals surface area contributed by atoms with Gasteiger partial charge in [-0.3, -0.25) is 9.69 Å². The molecule has 2 saturated heterocycles. The minimum Gasteiger partial charge on any atom is -0.465 e. The third kappa shape index (κ3) is 4.29. The van der Waals surface area contributed by atoms with Crippen LogP contribution < -0.4 is 4.90 Å². The van der Waals surface area contributed by atoms with Crippen LogP contribution in [0, 0.1) is 0 Å². The predicted molar refractivity (Wildman–Crippen MR) is 142 cm³/mol. The number of ether oxygens (including phenoxy) is 1. The van der Waals surface area contributed by atoms with E-state index in [1.165, 1.54) is 28.3 Å². The van der Waals surface area contributed by atoms with Crippen LogP contribution in [-0.4, -0.2) is 78.6 Å². The van der Waals surface area contributed by atoms with Crippen LogP contribution in [0.5, 0.6) is 0 Å². The second-order valence-corrected chi connectivity index (χ2v) is 10.8. The van der Waals surface area contributed by atoms with Gasteiger partial charge in [0, 0.05) is 49.2 Å². The molecule has 2 bridgehead atoms. The van der Waals surface area contributed by atoms with Crippen LogP contribution in [0.3, 0.4) is 0 Å². The normalized spacial score (nSPS) is 22.1. The average molecular weight is 503 g/mol. The molecule has 6 rings (SSSR count). The molecule has 2 fully saturated rings. The number of methoxy groups -OCH3 is 1. The molecule has 3 aromatic rings. The Labute approximate surface area is 215 Å². The van der Waals surface area contributed by atoms with Crippen LogP contribution in [0.4, 0.5) is 5.82 Å². The van der Waals surface area contributed by atoms with Gasteiger partial charge in [-0.15, -0.1) is 11.3 Å². The van der Waals surface area contributed by atoms with Crippen molar-refractivity contribution in [2.75, 3.05) is 44.7 Å². The lowest BCUT2D eigenvalue weighted by Gasteiger charge is -2.42. The van der Waals surface area contributed by atoms with Gasteiger partial charge >= 0.3 is 5.97 Å². The van der Waals surface area contributed by atoms with Gasteiger partial charge in [-0.25, -0.2) is 9.78 Å². The number of esters is 1. The Morgan fingerprint density at radius 2 is 1.94 bits per heavy atom. The number of carbonyl (C=O) groups excluding carboxylic acids is 2. The van der Waals surface area contributed by atoms with Gasteiger partial charge in [0.05, 0.1) is 19.2 Å². The zero-order chi connectivity index (χ0) is 24.6. The van der Waals surface area contributed by atoms with Crippen LogP contribution >= 0.6 is 11.3 Å². The third-order valence-electron chi connectivity index (χ3n) is 7.74. The number of benzene rings is 1. The van der Waals surface area contributed by atoms with Gasteiger partial charge in [-0.1, -0.05) is 24.3 Å². The molecule has 0 spiro atoms. The number of amides is 1. The van der Waals surface area contributed by atoms with Crippen molar-refractivity contribution in [1.82, 2.24) is 14.8 Å². The summed E-state index contributed by atoms with van der Waals surface area (Å²) in [5, 5.41) is 3.44.